The molecule has 0 saturated carbocycles. The largest absolute Gasteiger partial charge is 0.493 e. The number of hydrogen-bond acceptors (Lipinski definition) is 9. The Kier molecular flexibility index (Phi) is 10.2. The Balaban J connectivity index is 1.97. The van der Waals surface area contributed by atoms with Crippen molar-refractivity contribution >= 4 is 30.3 Å². The maximum Gasteiger partial charge on any atom is 0.223 e. The molecule has 0 atom stereocenters. The molecule has 0 aliphatic rings. The maximum absolute atomic E-state index is 5.47. The van der Waals surface area contributed by atoms with Crippen molar-refractivity contribution in [2.75, 3.05) is 54.5 Å². The van der Waals surface area contributed by atoms with Gasteiger partial charge in [-0.15, -0.1) is 0 Å². The van der Waals surface area contributed by atoms with Gasteiger partial charge in [0.25, 0.3) is 0 Å². The molecular formula is C29H35N3O6. The van der Waals surface area contributed by atoms with Gasteiger partial charge in [0.05, 0.1) is 54.0 Å². The topological polar surface area (TPSA) is 93.2 Å². The van der Waals surface area contributed by atoms with Crippen LogP contribution in [0.2, 0.25) is 0 Å². The van der Waals surface area contributed by atoms with Crippen LogP contribution in [0.1, 0.15) is 35.9 Å². The Bertz CT molecular complexity index is 1150. The highest BCUT2D eigenvalue weighted by molar-refractivity contribution is 5.75. The summed E-state index contributed by atoms with van der Waals surface area (Å²) >= 11 is 0. The van der Waals surface area contributed by atoms with Crippen LogP contribution >= 0.6 is 0 Å². The van der Waals surface area contributed by atoms with Gasteiger partial charge in [-0.3, -0.25) is 0 Å². The predicted octanol–water partition coefficient (Wildman–Crippen LogP) is 5.69. The van der Waals surface area contributed by atoms with Gasteiger partial charge in [-0.05, 0) is 60.0 Å². The maximum atomic E-state index is 5.47. The van der Waals surface area contributed by atoms with Gasteiger partial charge in [0.15, 0.2) is 23.0 Å². The molecule has 0 unspecified atom stereocenters. The van der Waals surface area contributed by atoms with Crippen LogP contribution in [0.25, 0.3) is 24.3 Å². The molecule has 0 bridgehead atoms. The Hall–Kier alpha value is -4.40. The standard InChI is InChI=1S/C29H35N3O6/c1-8-13-30-29-31-21(11-9-19-14-23(33-2)27(37-6)24(15-19)34-3)18-22(32-29)12-10-20-16-25(35-4)28(38-7)26(17-20)36-5/h9-12,14-18H,8,13H2,1-7H3,(H,30,31,32)/b11-9+,12-10+. The summed E-state index contributed by atoms with van der Waals surface area (Å²) in [6.07, 6.45) is 8.64. The van der Waals surface area contributed by atoms with Gasteiger partial charge in [-0.1, -0.05) is 19.1 Å². The molecule has 1 N–H and O–H groups in total. The number of nitrogens with one attached hydrogen (secondary N) is 1. The quantitative estimate of drug-likeness (QED) is 0.304. The molecule has 0 spiro atoms. The Morgan fingerprint density at radius 2 is 0.974 bits per heavy atom. The van der Waals surface area contributed by atoms with Crippen molar-refractivity contribution in [3.05, 3.63) is 52.8 Å². The third kappa shape index (κ3) is 6.88. The lowest BCUT2D eigenvalue weighted by Crippen LogP contribution is -2.05. The van der Waals surface area contributed by atoms with Crippen molar-refractivity contribution < 1.29 is 28.4 Å². The second kappa shape index (κ2) is 13.8. The average Bonchev–Trinajstić information content (AvgIpc) is 2.96. The average molecular weight is 522 g/mol. The minimum atomic E-state index is 0.541. The van der Waals surface area contributed by atoms with Crippen molar-refractivity contribution in [3.8, 4) is 34.5 Å². The van der Waals surface area contributed by atoms with Crippen molar-refractivity contribution in [3.63, 3.8) is 0 Å². The molecule has 2 aromatic carbocycles. The Morgan fingerprint density at radius 3 is 1.29 bits per heavy atom. The van der Waals surface area contributed by atoms with E-state index in [0.717, 1.165) is 35.5 Å². The molecule has 0 aliphatic carbocycles. The Morgan fingerprint density at radius 1 is 0.579 bits per heavy atom. The van der Waals surface area contributed by atoms with Crippen molar-refractivity contribution in [1.82, 2.24) is 9.97 Å². The summed E-state index contributed by atoms with van der Waals surface area (Å²) in [5.74, 6) is 3.94. The van der Waals surface area contributed by atoms with E-state index in [4.69, 9.17) is 28.4 Å². The van der Waals surface area contributed by atoms with Gasteiger partial charge in [0.1, 0.15) is 0 Å². The SMILES string of the molecule is CCCNc1nc(/C=C/c2cc(OC)c(OC)c(OC)c2)cc(/C=C/c2cc(OC)c(OC)c(OC)c2)n1. The number of nitrogens with zero attached hydrogens (tertiary/aromatic N) is 2. The fraction of sp³-hybridized carbons (Fsp3) is 0.310. The monoisotopic (exact) mass is 521 g/mol. The van der Waals surface area contributed by atoms with Crippen LogP contribution in [0.3, 0.4) is 0 Å². The first-order chi connectivity index (χ1) is 18.5. The number of methoxy groups -OCH3 is 6. The van der Waals surface area contributed by atoms with E-state index >= 15 is 0 Å². The van der Waals surface area contributed by atoms with E-state index in [9.17, 15) is 0 Å². The molecule has 0 amide bonds. The number of aromatic nitrogens is 2. The molecule has 202 valence electrons. The van der Waals surface area contributed by atoms with E-state index in [1.54, 1.807) is 42.7 Å². The molecule has 0 saturated heterocycles. The van der Waals surface area contributed by atoms with E-state index in [1.807, 2.05) is 54.6 Å². The molecule has 3 aromatic rings. The third-order valence-corrected chi connectivity index (χ3v) is 5.57. The first-order valence-electron chi connectivity index (χ1n) is 12.1. The Labute approximate surface area is 224 Å². The zero-order chi connectivity index (χ0) is 27.5. The third-order valence-electron chi connectivity index (χ3n) is 5.57. The first-order valence-corrected chi connectivity index (χ1v) is 12.1. The highest BCUT2D eigenvalue weighted by Crippen LogP contribution is 2.39. The van der Waals surface area contributed by atoms with Gasteiger partial charge < -0.3 is 33.7 Å². The smallest absolute Gasteiger partial charge is 0.223 e. The van der Waals surface area contributed by atoms with E-state index in [-0.39, 0.29) is 0 Å². The molecule has 3 rings (SSSR count). The number of anilines is 1. The van der Waals surface area contributed by atoms with Crippen LogP contribution in [-0.4, -0.2) is 59.2 Å². The van der Waals surface area contributed by atoms with Crippen LogP contribution in [-0.2, 0) is 0 Å². The van der Waals surface area contributed by atoms with Crippen molar-refractivity contribution in [2.24, 2.45) is 0 Å². The molecule has 1 aromatic heterocycles. The molecule has 38 heavy (non-hydrogen) atoms. The van der Waals surface area contributed by atoms with Gasteiger partial charge in [0.2, 0.25) is 17.4 Å². The lowest BCUT2D eigenvalue weighted by Gasteiger charge is -2.13. The van der Waals surface area contributed by atoms with Crippen LogP contribution in [0.5, 0.6) is 34.5 Å². The van der Waals surface area contributed by atoms with Gasteiger partial charge in [0, 0.05) is 6.54 Å². The van der Waals surface area contributed by atoms with E-state index in [2.05, 4.69) is 22.2 Å². The van der Waals surface area contributed by atoms with Crippen molar-refractivity contribution in [1.29, 1.82) is 0 Å². The summed E-state index contributed by atoms with van der Waals surface area (Å²) in [4.78, 5) is 9.30. The summed E-state index contributed by atoms with van der Waals surface area (Å²) in [5.41, 5.74) is 3.21. The minimum Gasteiger partial charge on any atom is -0.493 e. The van der Waals surface area contributed by atoms with Crippen molar-refractivity contribution in [2.45, 2.75) is 13.3 Å². The van der Waals surface area contributed by atoms with Crippen LogP contribution in [0.15, 0.2) is 30.3 Å². The fourth-order valence-corrected chi connectivity index (χ4v) is 3.73. The van der Waals surface area contributed by atoms with Gasteiger partial charge in [-0.25, -0.2) is 9.97 Å². The van der Waals surface area contributed by atoms with Crippen LogP contribution in [0.4, 0.5) is 5.95 Å². The zero-order valence-electron chi connectivity index (χ0n) is 23.0. The first kappa shape index (κ1) is 28.2. The second-order valence-electron chi connectivity index (χ2n) is 8.05. The molecule has 9 nitrogen and oxygen atoms in total. The summed E-state index contributed by atoms with van der Waals surface area (Å²) in [7, 11) is 9.52. The van der Waals surface area contributed by atoms with E-state index < -0.39 is 0 Å². The molecular weight excluding hydrogens is 486 g/mol. The fourth-order valence-electron chi connectivity index (χ4n) is 3.73. The van der Waals surface area contributed by atoms with Crippen LogP contribution < -0.4 is 33.7 Å². The molecule has 9 heteroatoms. The molecule has 0 aliphatic heterocycles. The van der Waals surface area contributed by atoms with E-state index in [0.29, 0.717) is 40.4 Å². The number of rotatable bonds is 13. The highest BCUT2D eigenvalue weighted by Gasteiger charge is 2.13. The predicted molar refractivity (Wildman–Crippen MR) is 151 cm³/mol. The number of hydrogen-bond donors (Lipinski definition) is 1. The lowest BCUT2D eigenvalue weighted by molar-refractivity contribution is 0.324. The lowest BCUT2D eigenvalue weighted by atomic mass is 10.1. The molecule has 0 fully saturated rings. The zero-order valence-corrected chi connectivity index (χ0v) is 23.0. The number of ether oxygens (including phenoxy) is 6. The summed E-state index contributed by atoms with van der Waals surface area (Å²) in [6.45, 7) is 2.85. The highest BCUT2D eigenvalue weighted by atomic mass is 16.5. The normalized spacial score (nSPS) is 11.0. The van der Waals surface area contributed by atoms with Gasteiger partial charge >= 0.3 is 0 Å². The molecule has 1 heterocycles. The summed E-state index contributed by atoms with van der Waals surface area (Å²) in [5, 5.41) is 3.27. The summed E-state index contributed by atoms with van der Waals surface area (Å²) < 4.78 is 32.7. The number of benzene rings is 2. The van der Waals surface area contributed by atoms with E-state index in [1.165, 1.54) is 0 Å². The second-order valence-corrected chi connectivity index (χ2v) is 8.05. The van der Waals surface area contributed by atoms with Gasteiger partial charge in [-0.2, -0.15) is 0 Å². The minimum absolute atomic E-state index is 0.541. The van der Waals surface area contributed by atoms with Crippen LogP contribution in [0, 0.1) is 0 Å². The molecule has 0 radical (unpaired) electrons. The summed E-state index contributed by atoms with van der Waals surface area (Å²) in [6, 6.07) is 9.41.